The molecular formula is C23H20N2S. The Balaban J connectivity index is 2.01. The van der Waals surface area contributed by atoms with Crippen LogP contribution in [0.15, 0.2) is 89.8 Å². The minimum absolute atomic E-state index is 1.03. The van der Waals surface area contributed by atoms with Crippen LogP contribution >= 0.6 is 11.8 Å². The Morgan fingerprint density at radius 3 is 1.96 bits per heavy atom. The fraction of sp³-hybridized carbons (Fsp3) is 0.0870. The number of hydrogen-bond donors (Lipinski definition) is 0. The lowest BCUT2D eigenvalue weighted by Gasteiger charge is -2.09. The van der Waals surface area contributed by atoms with Crippen molar-refractivity contribution in [1.82, 2.24) is 9.78 Å². The molecule has 4 aromatic rings. The number of para-hydroxylation sites is 1. The van der Waals surface area contributed by atoms with Crippen LogP contribution in [0, 0.1) is 6.92 Å². The van der Waals surface area contributed by atoms with Crippen molar-refractivity contribution in [2.24, 2.45) is 0 Å². The molecule has 3 heteroatoms. The van der Waals surface area contributed by atoms with E-state index in [1.54, 1.807) is 11.8 Å². The average molecular weight is 356 g/mol. The van der Waals surface area contributed by atoms with Gasteiger partial charge in [-0.15, -0.1) is 11.8 Å². The van der Waals surface area contributed by atoms with Gasteiger partial charge in [0.2, 0.25) is 0 Å². The standard InChI is InChI=1S/C23H20N2S/c1-17-13-15-19(16-14-17)22-23(26-2)21(18-9-5-3-6-10-18)24-25(22)20-11-7-4-8-12-20/h3-16H,1-2H3. The van der Waals surface area contributed by atoms with E-state index in [0.717, 1.165) is 22.6 Å². The molecule has 3 aromatic carbocycles. The summed E-state index contributed by atoms with van der Waals surface area (Å²) in [6.07, 6.45) is 2.12. The van der Waals surface area contributed by atoms with Gasteiger partial charge in [-0.2, -0.15) is 5.10 Å². The van der Waals surface area contributed by atoms with E-state index in [2.05, 4.69) is 90.7 Å². The first-order chi connectivity index (χ1) is 12.8. The number of aryl methyl sites for hydroxylation is 1. The minimum atomic E-state index is 1.03. The van der Waals surface area contributed by atoms with Gasteiger partial charge in [0.25, 0.3) is 0 Å². The summed E-state index contributed by atoms with van der Waals surface area (Å²) in [4.78, 5) is 1.20. The molecule has 1 heterocycles. The smallest absolute Gasteiger partial charge is 0.107 e. The number of thioether (sulfide) groups is 1. The van der Waals surface area contributed by atoms with Crippen LogP contribution in [0.1, 0.15) is 5.56 Å². The van der Waals surface area contributed by atoms with Crippen LogP contribution in [0.4, 0.5) is 0 Å². The lowest BCUT2D eigenvalue weighted by atomic mass is 10.1. The number of hydrogen-bond acceptors (Lipinski definition) is 2. The van der Waals surface area contributed by atoms with E-state index >= 15 is 0 Å². The van der Waals surface area contributed by atoms with Gasteiger partial charge in [-0.3, -0.25) is 0 Å². The van der Waals surface area contributed by atoms with Crippen molar-refractivity contribution < 1.29 is 0 Å². The topological polar surface area (TPSA) is 17.8 Å². The van der Waals surface area contributed by atoms with Crippen LogP contribution in [0.2, 0.25) is 0 Å². The van der Waals surface area contributed by atoms with Crippen molar-refractivity contribution in [3.05, 3.63) is 90.5 Å². The molecule has 0 N–H and O–H groups in total. The molecule has 0 aliphatic heterocycles. The van der Waals surface area contributed by atoms with Crippen molar-refractivity contribution in [2.45, 2.75) is 11.8 Å². The Hall–Kier alpha value is -2.78. The Morgan fingerprint density at radius 1 is 0.731 bits per heavy atom. The molecule has 2 nitrogen and oxygen atoms in total. The molecule has 0 atom stereocenters. The van der Waals surface area contributed by atoms with Gasteiger partial charge in [0, 0.05) is 11.1 Å². The number of aromatic nitrogens is 2. The highest BCUT2D eigenvalue weighted by molar-refractivity contribution is 7.98. The second kappa shape index (κ2) is 7.22. The van der Waals surface area contributed by atoms with E-state index in [0.29, 0.717) is 0 Å². The van der Waals surface area contributed by atoms with Crippen LogP contribution < -0.4 is 0 Å². The van der Waals surface area contributed by atoms with Crippen LogP contribution in [0.3, 0.4) is 0 Å². The van der Waals surface area contributed by atoms with E-state index in [-0.39, 0.29) is 0 Å². The van der Waals surface area contributed by atoms with Crippen molar-refractivity contribution >= 4 is 11.8 Å². The first-order valence-electron chi connectivity index (χ1n) is 8.63. The summed E-state index contributed by atoms with van der Waals surface area (Å²) in [6.45, 7) is 2.11. The Labute approximate surface area is 158 Å². The molecule has 0 spiro atoms. The number of nitrogens with zero attached hydrogens (tertiary/aromatic N) is 2. The lowest BCUT2D eigenvalue weighted by Crippen LogP contribution is -1.99. The molecule has 1 aromatic heterocycles. The SMILES string of the molecule is CSc1c(-c2ccccc2)nn(-c2ccccc2)c1-c1ccc(C)cc1. The maximum atomic E-state index is 5.02. The molecule has 0 amide bonds. The average Bonchev–Trinajstić information content (AvgIpc) is 3.09. The van der Waals surface area contributed by atoms with Crippen molar-refractivity contribution in [3.8, 4) is 28.2 Å². The summed E-state index contributed by atoms with van der Waals surface area (Å²) in [7, 11) is 0. The molecule has 0 unspecified atom stereocenters. The van der Waals surface area contributed by atoms with Gasteiger partial charge in [-0.05, 0) is 25.3 Å². The van der Waals surface area contributed by atoms with E-state index in [9.17, 15) is 0 Å². The fourth-order valence-electron chi connectivity index (χ4n) is 3.10. The monoisotopic (exact) mass is 356 g/mol. The molecule has 0 radical (unpaired) electrons. The van der Waals surface area contributed by atoms with Gasteiger partial charge in [-0.1, -0.05) is 78.4 Å². The maximum Gasteiger partial charge on any atom is 0.107 e. The summed E-state index contributed by atoms with van der Waals surface area (Å²) in [5.74, 6) is 0. The second-order valence-corrected chi connectivity index (χ2v) is 7.03. The number of rotatable bonds is 4. The van der Waals surface area contributed by atoms with Gasteiger partial charge < -0.3 is 0 Å². The third-order valence-electron chi connectivity index (χ3n) is 4.42. The number of benzene rings is 3. The molecule has 0 fully saturated rings. The van der Waals surface area contributed by atoms with Crippen molar-refractivity contribution in [2.75, 3.05) is 6.26 Å². The first kappa shape index (κ1) is 16.7. The van der Waals surface area contributed by atoms with Gasteiger partial charge in [-0.25, -0.2) is 4.68 Å². The molecule has 26 heavy (non-hydrogen) atoms. The van der Waals surface area contributed by atoms with Crippen molar-refractivity contribution in [1.29, 1.82) is 0 Å². The van der Waals surface area contributed by atoms with E-state index < -0.39 is 0 Å². The zero-order valence-corrected chi connectivity index (χ0v) is 15.7. The summed E-state index contributed by atoms with van der Waals surface area (Å²) >= 11 is 1.75. The minimum Gasteiger partial charge on any atom is -0.231 e. The molecule has 128 valence electrons. The maximum absolute atomic E-state index is 5.02. The second-order valence-electron chi connectivity index (χ2n) is 6.21. The van der Waals surface area contributed by atoms with Gasteiger partial charge >= 0.3 is 0 Å². The van der Waals surface area contributed by atoms with Crippen molar-refractivity contribution in [3.63, 3.8) is 0 Å². The highest BCUT2D eigenvalue weighted by Gasteiger charge is 2.20. The van der Waals surface area contributed by atoms with Crippen LogP contribution in [-0.4, -0.2) is 16.0 Å². The highest BCUT2D eigenvalue weighted by Crippen LogP contribution is 2.39. The predicted octanol–water partition coefficient (Wildman–Crippen LogP) is 6.24. The molecule has 0 aliphatic rings. The van der Waals surface area contributed by atoms with Gasteiger partial charge in [0.1, 0.15) is 5.69 Å². The van der Waals surface area contributed by atoms with Gasteiger partial charge in [0.05, 0.1) is 16.3 Å². The highest BCUT2D eigenvalue weighted by atomic mass is 32.2. The largest absolute Gasteiger partial charge is 0.231 e. The zero-order chi connectivity index (χ0) is 17.9. The molecule has 0 bridgehead atoms. The summed E-state index contributed by atoms with van der Waals surface area (Å²) in [5.41, 5.74) is 6.81. The Kier molecular flexibility index (Phi) is 4.63. The third kappa shape index (κ3) is 3.06. The van der Waals surface area contributed by atoms with Gasteiger partial charge in [0.15, 0.2) is 0 Å². The molecule has 0 saturated heterocycles. The Morgan fingerprint density at radius 2 is 1.35 bits per heavy atom. The van der Waals surface area contributed by atoms with E-state index in [4.69, 9.17) is 5.10 Å². The normalized spacial score (nSPS) is 10.8. The van der Waals surface area contributed by atoms with E-state index in [1.165, 1.54) is 16.0 Å². The van der Waals surface area contributed by atoms with Crippen LogP contribution in [0.5, 0.6) is 0 Å². The summed E-state index contributed by atoms with van der Waals surface area (Å²) in [5, 5.41) is 5.02. The third-order valence-corrected chi connectivity index (χ3v) is 5.21. The summed E-state index contributed by atoms with van der Waals surface area (Å²) < 4.78 is 2.07. The van der Waals surface area contributed by atoms with Crippen LogP contribution in [0.25, 0.3) is 28.2 Å². The zero-order valence-electron chi connectivity index (χ0n) is 14.9. The molecular weight excluding hydrogens is 336 g/mol. The summed E-state index contributed by atoms with van der Waals surface area (Å²) in [6, 6.07) is 29.4. The Bertz CT molecular complexity index is 1000. The first-order valence-corrected chi connectivity index (χ1v) is 9.85. The predicted molar refractivity (Wildman–Crippen MR) is 111 cm³/mol. The van der Waals surface area contributed by atoms with E-state index in [1.807, 2.05) is 12.1 Å². The molecule has 0 aliphatic carbocycles. The quantitative estimate of drug-likeness (QED) is 0.403. The fourth-order valence-corrected chi connectivity index (χ4v) is 3.85. The molecule has 0 saturated carbocycles. The molecule has 4 rings (SSSR count). The lowest BCUT2D eigenvalue weighted by molar-refractivity contribution is 0.891. The van der Waals surface area contributed by atoms with Crippen LogP contribution in [-0.2, 0) is 0 Å².